The SMILES string of the molecule is COC(=O)Nc1ncc(C2=C(C(=O)O)N3C(=O)C(N(C(C)=O)c4cccs4)C3SC2)s1. The summed E-state index contributed by atoms with van der Waals surface area (Å²) in [6, 6.07) is 2.77. The minimum Gasteiger partial charge on any atom is -0.477 e. The monoisotopic (exact) mass is 480 g/mol. The molecule has 0 spiro atoms. The molecule has 13 heteroatoms. The molecule has 31 heavy (non-hydrogen) atoms. The molecule has 0 bridgehead atoms. The van der Waals surface area contributed by atoms with Crippen molar-refractivity contribution in [3.8, 4) is 0 Å². The Hall–Kier alpha value is -2.90. The number of anilines is 2. The summed E-state index contributed by atoms with van der Waals surface area (Å²) >= 11 is 3.80. The van der Waals surface area contributed by atoms with Crippen molar-refractivity contribution in [2.75, 3.05) is 23.1 Å². The first-order valence-electron chi connectivity index (χ1n) is 8.89. The van der Waals surface area contributed by atoms with E-state index in [1.54, 1.807) is 12.1 Å². The number of methoxy groups -OCH3 is 1. The number of amides is 3. The van der Waals surface area contributed by atoms with Gasteiger partial charge in [0, 0.05) is 24.4 Å². The number of ether oxygens (including phenoxy) is 1. The maximum absolute atomic E-state index is 13.1. The second-order valence-electron chi connectivity index (χ2n) is 6.47. The molecule has 10 nitrogen and oxygen atoms in total. The topological polar surface area (TPSA) is 129 Å². The van der Waals surface area contributed by atoms with E-state index in [0.717, 1.165) is 11.3 Å². The van der Waals surface area contributed by atoms with Crippen LogP contribution in [0.25, 0.3) is 5.57 Å². The Morgan fingerprint density at radius 3 is 2.77 bits per heavy atom. The van der Waals surface area contributed by atoms with Gasteiger partial charge in [-0.1, -0.05) is 11.3 Å². The minimum atomic E-state index is -1.24. The normalized spacial score (nSPS) is 20.1. The smallest absolute Gasteiger partial charge is 0.413 e. The lowest BCUT2D eigenvalue weighted by molar-refractivity contribution is -0.148. The van der Waals surface area contributed by atoms with E-state index in [4.69, 9.17) is 0 Å². The van der Waals surface area contributed by atoms with Crippen molar-refractivity contribution >= 4 is 74.0 Å². The summed E-state index contributed by atoms with van der Waals surface area (Å²) in [4.78, 5) is 56.1. The zero-order valence-corrected chi connectivity index (χ0v) is 18.7. The molecule has 162 valence electrons. The van der Waals surface area contributed by atoms with Crippen LogP contribution in [-0.4, -0.2) is 63.1 Å². The summed E-state index contributed by atoms with van der Waals surface area (Å²) in [6.07, 6.45) is 0.759. The highest BCUT2D eigenvalue weighted by atomic mass is 32.2. The average molecular weight is 481 g/mol. The zero-order valence-electron chi connectivity index (χ0n) is 16.2. The van der Waals surface area contributed by atoms with Gasteiger partial charge >= 0.3 is 12.1 Å². The molecule has 2 aromatic rings. The van der Waals surface area contributed by atoms with E-state index in [2.05, 4.69) is 15.0 Å². The third-order valence-electron chi connectivity index (χ3n) is 4.70. The lowest BCUT2D eigenvalue weighted by atomic mass is 10.0. The van der Waals surface area contributed by atoms with Gasteiger partial charge in [-0.25, -0.2) is 14.6 Å². The summed E-state index contributed by atoms with van der Waals surface area (Å²) in [7, 11) is 1.22. The molecule has 3 amide bonds. The van der Waals surface area contributed by atoms with Crippen molar-refractivity contribution < 1.29 is 29.0 Å². The number of hydrogen-bond acceptors (Lipinski definition) is 9. The molecule has 2 aromatic heterocycles. The van der Waals surface area contributed by atoms with Crippen molar-refractivity contribution in [1.82, 2.24) is 9.88 Å². The molecule has 2 aliphatic heterocycles. The second-order valence-corrected chi connectivity index (χ2v) is 9.54. The maximum atomic E-state index is 13.1. The van der Waals surface area contributed by atoms with Gasteiger partial charge in [-0.15, -0.1) is 23.1 Å². The van der Waals surface area contributed by atoms with Crippen LogP contribution in [0.1, 0.15) is 11.8 Å². The van der Waals surface area contributed by atoms with Gasteiger partial charge < -0.3 is 9.84 Å². The van der Waals surface area contributed by atoms with Crippen LogP contribution in [0.15, 0.2) is 29.4 Å². The van der Waals surface area contributed by atoms with Gasteiger partial charge in [-0.2, -0.15) is 0 Å². The molecule has 1 fully saturated rings. The van der Waals surface area contributed by atoms with E-state index in [1.165, 1.54) is 53.1 Å². The van der Waals surface area contributed by atoms with Crippen LogP contribution < -0.4 is 10.2 Å². The Bertz CT molecular complexity index is 1100. The number of fused-ring (bicyclic) bond motifs is 1. The fraction of sp³-hybridized carbons (Fsp3) is 0.278. The predicted molar refractivity (Wildman–Crippen MR) is 117 cm³/mol. The molecule has 0 saturated carbocycles. The van der Waals surface area contributed by atoms with Crippen molar-refractivity contribution in [3.05, 3.63) is 34.3 Å². The lowest BCUT2D eigenvalue weighted by Gasteiger charge is -2.52. The van der Waals surface area contributed by atoms with Crippen LogP contribution in [0.3, 0.4) is 0 Å². The summed E-state index contributed by atoms with van der Waals surface area (Å²) in [6.45, 7) is 1.38. The van der Waals surface area contributed by atoms with Gasteiger partial charge in [0.1, 0.15) is 17.1 Å². The fourth-order valence-electron chi connectivity index (χ4n) is 3.40. The molecular formula is C18H16N4O6S3. The molecule has 4 heterocycles. The number of carbonyl (C=O) groups is 4. The van der Waals surface area contributed by atoms with Crippen LogP contribution in [0, 0.1) is 0 Å². The first-order chi connectivity index (χ1) is 14.8. The number of β-lactam (4-membered cyclic amide) rings is 1. The van der Waals surface area contributed by atoms with Crippen molar-refractivity contribution in [1.29, 1.82) is 0 Å². The first kappa shape index (κ1) is 21.3. The van der Waals surface area contributed by atoms with E-state index >= 15 is 0 Å². The minimum absolute atomic E-state index is 0.132. The number of thiazole rings is 1. The number of aliphatic carboxylic acids is 1. The Morgan fingerprint density at radius 1 is 1.39 bits per heavy atom. The Labute approximate surface area is 188 Å². The highest BCUT2D eigenvalue weighted by Crippen LogP contribution is 2.47. The number of rotatable bonds is 5. The number of thiophene rings is 1. The molecule has 2 atom stereocenters. The highest BCUT2D eigenvalue weighted by Gasteiger charge is 2.57. The lowest BCUT2D eigenvalue weighted by Crippen LogP contribution is -2.71. The van der Waals surface area contributed by atoms with Crippen molar-refractivity contribution in [2.45, 2.75) is 18.3 Å². The van der Waals surface area contributed by atoms with Gasteiger partial charge in [0.25, 0.3) is 5.91 Å². The molecule has 2 aliphatic rings. The summed E-state index contributed by atoms with van der Waals surface area (Å²) in [5.74, 6) is -1.67. The van der Waals surface area contributed by atoms with Crippen LogP contribution in [0.5, 0.6) is 0 Å². The average Bonchev–Trinajstić information content (AvgIpc) is 3.42. The van der Waals surface area contributed by atoms with E-state index < -0.39 is 29.4 Å². The maximum Gasteiger partial charge on any atom is 0.413 e. The van der Waals surface area contributed by atoms with Crippen LogP contribution in [0.2, 0.25) is 0 Å². The molecule has 4 rings (SSSR count). The van der Waals surface area contributed by atoms with Crippen LogP contribution in [0.4, 0.5) is 14.9 Å². The van der Waals surface area contributed by atoms with Crippen LogP contribution in [-0.2, 0) is 19.1 Å². The van der Waals surface area contributed by atoms with Crippen molar-refractivity contribution in [2.24, 2.45) is 0 Å². The van der Waals surface area contributed by atoms with Gasteiger partial charge in [0.15, 0.2) is 5.13 Å². The van der Waals surface area contributed by atoms with E-state index in [9.17, 15) is 24.3 Å². The number of carboxylic acid groups (broad SMARTS) is 1. The van der Waals surface area contributed by atoms with E-state index in [-0.39, 0.29) is 16.7 Å². The summed E-state index contributed by atoms with van der Waals surface area (Å²) in [5.41, 5.74) is 0.300. The number of thioether (sulfide) groups is 1. The predicted octanol–water partition coefficient (Wildman–Crippen LogP) is 2.52. The first-order valence-corrected chi connectivity index (χ1v) is 11.6. The summed E-state index contributed by atoms with van der Waals surface area (Å²) in [5, 5.41) is 14.5. The highest BCUT2D eigenvalue weighted by molar-refractivity contribution is 8.00. The van der Waals surface area contributed by atoms with Crippen LogP contribution >= 0.6 is 34.4 Å². The van der Waals surface area contributed by atoms with Gasteiger partial charge in [-0.05, 0) is 17.5 Å². The van der Waals surface area contributed by atoms with E-state index in [0.29, 0.717) is 21.2 Å². The number of nitrogens with zero attached hydrogens (tertiary/aromatic N) is 3. The molecule has 2 N–H and O–H groups in total. The molecular weight excluding hydrogens is 464 g/mol. The Morgan fingerprint density at radius 2 is 2.16 bits per heavy atom. The quantitative estimate of drug-likeness (QED) is 0.625. The number of carboxylic acids is 1. The van der Waals surface area contributed by atoms with Gasteiger partial charge in [0.05, 0.1) is 17.0 Å². The van der Waals surface area contributed by atoms with Crippen molar-refractivity contribution in [3.63, 3.8) is 0 Å². The number of hydrogen-bond donors (Lipinski definition) is 2. The summed E-state index contributed by atoms with van der Waals surface area (Å²) < 4.78 is 4.53. The fourth-order valence-corrected chi connectivity index (χ4v) is 6.55. The molecule has 0 aromatic carbocycles. The molecule has 2 unspecified atom stereocenters. The van der Waals surface area contributed by atoms with Gasteiger partial charge in [0.2, 0.25) is 5.91 Å². The standard InChI is InChI=1S/C18H16N4O6S3/c1-8(23)21(11-4-3-5-29-11)13-14(24)22-12(16(25)26)9(7-30-15(13)22)10-6-19-17(31-10)20-18(27)28-2/h3-6,13,15H,7H2,1-2H3,(H,25,26)(H,19,20,27). The number of carbonyl (C=O) groups excluding carboxylic acids is 3. The number of nitrogens with one attached hydrogen (secondary N) is 1. The van der Waals surface area contributed by atoms with Gasteiger partial charge in [-0.3, -0.25) is 24.7 Å². The number of aromatic nitrogens is 1. The molecule has 1 saturated heterocycles. The zero-order chi connectivity index (χ0) is 22.3. The Balaban J connectivity index is 1.66. The second kappa shape index (κ2) is 8.32. The third kappa shape index (κ3) is 3.68. The Kier molecular flexibility index (Phi) is 5.73. The molecule has 0 radical (unpaired) electrons. The molecule has 0 aliphatic carbocycles. The van der Waals surface area contributed by atoms with E-state index in [1.807, 2.05) is 5.38 Å². The largest absolute Gasteiger partial charge is 0.477 e. The third-order valence-corrected chi connectivity index (χ3v) is 7.81.